The van der Waals surface area contributed by atoms with Crippen LogP contribution in [0.3, 0.4) is 0 Å². The molecule has 1 atom stereocenters. The maximum absolute atomic E-state index is 13.8. The van der Waals surface area contributed by atoms with E-state index in [0.717, 1.165) is 6.07 Å². The third kappa shape index (κ3) is 3.93. The zero-order valence-electron chi connectivity index (χ0n) is 12.9. The van der Waals surface area contributed by atoms with Gasteiger partial charge < -0.3 is 10.5 Å². The number of methoxy groups -OCH3 is 1. The molecular formula is C14H23FN2O3S. The normalized spacial score (nSPS) is 13.6. The summed E-state index contributed by atoms with van der Waals surface area (Å²) < 4.78 is 45.7. The lowest BCUT2D eigenvalue weighted by atomic mass is 10.2. The fourth-order valence-corrected chi connectivity index (χ4v) is 3.99. The van der Waals surface area contributed by atoms with Gasteiger partial charge in [-0.05, 0) is 32.4 Å². The van der Waals surface area contributed by atoms with Gasteiger partial charge in [0, 0.05) is 30.9 Å². The van der Waals surface area contributed by atoms with E-state index in [1.165, 1.54) is 24.4 Å². The van der Waals surface area contributed by atoms with Crippen LogP contribution in [0.2, 0.25) is 0 Å². The third-order valence-corrected chi connectivity index (χ3v) is 5.64. The molecule has 1 rings (SSSR count). The van der Waals surface area contributed by atoms with Crippen LogP contribution in [0.4, 0.5) is 10.1 Å². The second-order valence-corrected chi connectivity index (χ2v) is 6.85. The molecule has 0 amide bonds. The van der Waals surface area contributed by atoms with Crippen LogP contribution in [-0.2, 0) is 14.8 Å². The van der Waals surface area contributed by atoms with Crippen molar-refractivity contribution in [1.29, 1.82) is 0 Å². The quantitative estimate of drug-likeness (QED) is 0.782. The van der Waals surface area contributed by atoms with Gasteiger partial charge in [-0.2, -0.15) is 4.31 Å². The number of rotatable bonds is 7. The van der Waals surface area contributed by atoms with Gasteiger partial charge in [-0.1, -0.05) is 6.92 Å². The van der Waals surface area contributed by atoms with Gasteiger partial charge in [0.2, 0.25) is 10.0 Å². The molecule has 1 aromatic rings. The zero-order chi connectivity index (χ0) is 16.2. The fourth-order valence-electron chi connectivity index (χ4n) is 2.03. The molecule has 21 heavy (non-hydrogen) atoms. The zero-order valence-corrected chi connectivity index (χ0v) is 13.7. The first kappa shape index (κ1) is 17.9. The Labute approximate surface area is 125 Å². The molecule has 0 aliphatic carbocycles. The van der Waals surface area contributed by atoms with Gasteiger partial charge in [0.1, 0.15) is 5.82 Å². The maximum atomic E-state index is 13.8. The highest BCUT2D eigenvalue weighted by atomic mass is 32.2. The number of nitrogens with two attached hydrogens (primary N) is 1. The molecule has 0 radical (unpaired) electrons. The summed E-state index contributed by atoms with van der Waals surface area (Å²) in [5, 5.41) is 0. The second-order valence-electron chi connectivity index (χ2n) is 4.99. The average molecular weight is 318 g/mol. The Morgan fingerprint density at radius 1 is 1.43 bits per heavy atom. The van der Waals surface area contributed by atoms with Crippen molar-refractivity contribution in [2.45, 2.75) is 38.1 Å². The van der Waals surface area contributed by atoms with Crippen molar-refractivity contribution in [2.75, 3.05) is 26.0 Å². The van der Waals surface area contributed by atoms with Gasteiger partial charge in [0.15, 0.2) is 0 Å². The number of nitrogens with zero attached hydrogens (tertiary/aromatic N) is 1. The van der Waals surface area contributed by atoms with E-state index >= 15 is 0 Å². The van der Waals surface area contributed by atoms with Crippen LogP contribution in [0.15, 0.2) is 17.0 Å². The standard InChI is InChI=1S/C14H23FN2O3S/c1-5-10(2)17(6-7-20-4)21(18,19)14-9-12(16)8-13(15)11(14)3/h8-10H,5-7,16H2,1-4H3. The fraction of sp³-hybridized carbons (Fsp3) is 0.571. The van der Waals surface area contributed by atoms with E-state index in [2.05, 4.69) is 0 Å². The van der Waals surface area contributed by atoms with Crippen LogP contribution in [0.1, 0.15) is 25.8 Å². The Hall–Kier alpha value is -1.18. The highest BCUT2D eigenvalue weighted by Gasteiger charge is 2.30. The lowest BCUT2D eigenvalue weighted by Gasteiger charge is -2.28. The second kappa shape index (κ2) is 7.20. The molecule has 0 spiro atoms. The molecule has 0 saturated heterocycles. The number of anilines is 1. The van der Waals surface area contributed by atoms with Crippen LogP contribution >= 0.6 is 0 Å². The maximum Gasteiger partial charge on any atom is 0.243 e. The summed E-state index contributed by atoms with van der Waals surface area (Å²) in [5.74, 6) is -0.621. The Morgan fingerprint density at radius 3 is 2.57 bits per heavy atom. The number of sulfonamides is 1. The molecule has 7 heteroatoms. The molecule has 0 fully saturated rings. The van der Waals surface area contributed by atoms with Gasteiger partial charge >= 0.3 is 0 Å². The third-order valence-electron chi connectivity index (χ3n) is 3.50. The highest BCUT2D eigenvalue weighted by Crippen LogP contribution is 2.26. The van der Waals surface area contributed by atoms with Crippen molar-refractivity contribution in [3.63, 3.8) is 0 Å². The molecule has 0 aromatic heterocycles. The molecule has 0 saturated carbocycles. The summed E-state index contributed by atoms with van der Waals surface area (Å²) in [6, 6.07) is 2.21. The number of benzene rings is 1. The van der Waals surface area contributed by atoms with E-state index in [4.69, 9.17) is 10.5 Å². The Bertz CT molecular complexity index is 590. The predicted molar refractivity (Wildman–Crippen MR) is 81.1 cm³/mol. The van der Waals surface area contributed by atoms with Crippen molar-refractivity contribution in [3.8, 4) is 0 Å². The number of halogens is 1. The van der Waals surface area contributed by atoms with E-state index < -0.39 is 15.8 Å². The van der Waals surface area contributed by atoms with Gasteiger partial charge in [0.05, 0.1) is 11.5 Å². The summed E-state index contributed by atoms with van der Waals surface area (Å²) in [6.45, 7) is 5.63. The summed E-state index contributed by atoms with van der Waals surface area (Å²) >= 11 is 0. The van der Waals surface area contributed by atoms with Crippen LogP contribution in [0.5, 0.6) is 0 Å². The summed E-state index contributed by atoms with van der Waals surface area (Å²) in [5.41, 5.74) is 5.76. The summed E-state index contributed by atoms with van der Waals surface area (Å²) in [4.78, 5) is -0.0867. The van der Waals surface area contributed by atoms with Crippen molar-refractivity contribution >= 4 is 15.7 Å². The van der Waals surface area contributed by atoms with Gasteiger partial charge in [0.25, 0.3) is 0 Å². The minimum absolute atomic E-state index is 0.0786. The van der Waals surface area contributed by atoms with Crippen molar-refractivity contribution < 1.29 is 17.5 Å². The van der Waals surface area contributed by atoms with Gasteiger partial charge in [-0.25, -0.2) is 12.8 Å². The molecule has 120 valence electrons. The largest absolute Gasteiger partial charge is 0.399 e. The van der Waals surface area contributed by atoms with Crippen LogP contribution < -0.4 is 5.73 Å². The molecule has 5 nitrogen and oxygen atoms in total. The van der Waals surface area contributed by atoms with E-state index in [9.17, 15) is 12.8 Å². The SMILES string of the molecule is CCC(C)N(CCOC)S(=O)(=O)c1cc(N)cc(F)c1C. The summed E-state index contributed by atoms with van der Waals surface area (Å²) in [7, 11) is -2.32. The Morgan fingerprint density at radius 2 is 2.05 bits per heavy atom. The topological polar surface area (TPSA) is 72.6 Å². The minimum Gasteiger partial charge on any atom is -0.399 e. The van der Waals surface area contributed by atoms with E-state index in [1.54, 1.807) is 0 Å². The van der Waals surface area contributed by atoms with Crippen LogP contribution in [0.25, 0.3) is 0 Å². The van der Waals surface area contributed by atoms with E-state index in [1.807, 2.05) is 13.8 Å². The molecule has 0 aliphatic rings. The van der Waals surface area contributed by atoms with Crippen molar-refractivity contribution in [1.82, 2.24) is 4.31 Å². The number of hydrogen-bond donors (Lipinski definition) is 1. The molecular weight excluding hydrogens is 295 g/mol. The Kier molecular flexibility index (Phi) is 6.12. The van der Waals surface area contributed by atoms with Crippen molar-refractivity contribution in [3.05, 3.63) is 23.5 Å². The minimum atomic E-state index is -3.83. The average Bonchev–Trinajstić information content (AvgIpc) is 2.42. The molecule has 1 aromatic carbocycles. The highest BCUT2D eigenvalue weighted by molar-refractivity contribution is 7.89. The van der Waals surface area contributed by atoms with Gasteiger partial charge in [-0.15, -0.1) is 0 Å². The summed E-state index contributed by atoms with van der Waals surface area (Å²) in [6.07, 6.45) is 0.646. The van der Waals surface area contributed by atoms with Crippen LogP contribution in [0, 0.1) is 12.7 Å². The van der Waals surface area contributed by atoms with Crippen LogP contribution in [-0.4, -0.2) is 39.0 Å². The van der Waals surface area contributed by atoms with Gasteiger partial charge in [-0.3, -0.25) is 0 Å². The number of ether oxygens (including phenoxy) is 1. The Balaban J connectivity index is 3.35. The first-order valence-corrected chi connectivity index (χ1v) is 8.26. The van der Waals surface area contributed by atoms with E-state index in [-0.39, 0.29) is 35.3 Å². The van der Waals surface area contributed by atoms with E-state index in [0.29, 0.717) is 6.42 Å². The monoisotopic (exact) mass is 318 g/mol. The molecule has 0 bridgehead atoms. The first-order valence-electron chi connectivity index (χ1n) is 6.82. The lowest BCUT2D eigenvalue weighted by Crippen LogP contribution is -2.40. The first-order chi connectivity index (χ1) is 9.75. The number of nitrogen functional groups attached to an aromatic ring is 1. The smallest absolute Gasteiger partial charge is 0.243 e. The molecule has 2 N–H and O–H groups in total. The predicted octanol–water partition coefficient (Wildman–Crippen LogP) is 2.15. The molecule has 0 heterocycles. The number of hydrogen-bond acceptors (Lipinski definition) is 4. The molecule has 1 unspecified atom stereocenters. The molecule has 0 aliphatic heterocycles. The van der Waals surface area contributed by atoms with Crippen molar-refractivity contribution in [2.24, 2.45) is 0 Å². The lowest BCUT2D eigenvalue weighted by molar-refractivity contribution is 0.167.